The van der Waals surface area contributed by atoms with Gasteiger partial charge in [-0.3, -0.25) is 9.59 Å². The van der Waals surface area contributed by atoms with E-state index in [1.807, 2.05) is 24.3 Å². The zero-order chi connectivity index (χ0) is 17.4. The van der Waals surface area contributed by atoms with Crippen LogP contribution in [-0.2, 0) is 11.2 Å². The number of rotatable bonds is 8. The SMILES string of the molecule is COc1ccccc1CCNC(=O)CCC(=O)c1ccc(F)cc1. The van der Waals surface area contributed by atoms with Gasteiger partial charge in [-0.05, 0) is 42.3 Å². The topological polar surface area (TPSA) is 55.4 Å². The van der Waals surface area contributed by atoms with Crippen molar-refractivity contribution in [2.75, 3.05) is 13.7 Å². The van der Waals surface area contributed by atoms with Gasteiger partial charge >= 0.3 is 0 Å². The summed E-state index contributed by atoms with van der Waals surface area (Å²) in [5.41, 5.74) is 1.43. The number of Topliss-reactive ketones (excluding diaryl/α,β-unsaturated/α-hetero) is 1. The molecule has 0 saturated carbocycles. The first-order valence-electron chi connectivity index (χ1n) is 7.77. The number of ether oxygens (including phenoxy) is 1. The van der Waals surface area contributed by atoms with Crippen molar-refractivity contribution in [3.63, 3.8) is 0 Å². The molecule has 0 aliphatic rings. The van der Waals surface area contributed by atoms with Gasteiger partial charge in [-0.15, -0.1) is 0 Å². The molecule has 0 atom stereocenters. The molecule has 2 aromatic carbocycles. The Morgan fingerprint density at radius 3 is 2.46 bits per heavy atom. The number of halogens is 1. The van der Waals surface area contributed by atoms with Crippen LogP contribution in [0.15, 0.2) is 48.5 Å². The van der Waals surface area contributed by atoms with Crippen LogP contribution in [-0.4, -0.2) is 25.3 Å². The van der Waals surface area contributed by atoms with Gasteiger partial charge in [0, 0.05) is 24.9 Å². The molecule has 0 aliphatic heterocycles. The van der Waals surface area contributed by atoms with Crippen LogP contribution in [0.4, 0.5) is 4.39 Å². The molecule has 0 unspecified atom stereocenters. The number of methoxy groups -OCH3 is 1. The lowest BCUT2D eigenvalue weighted by Gasteiger charge is -2.09. The Labute approximate surface area is 140 Å². The van der Waals surface area contributed by atoms with Crippen molar-refractivity contribution < 1.29 is 18.7 Å². The first-order chi connectivity index (χ1) is 11.6. The predicted molar refractivity (Wildman–Crippen MR) is 89.7 cm³/mol. The molecular weight excluding hydrogens is 309 g/mol. The summed E-state index contributed by atoms with van der Waals surface area (Å²) in [6.45, 7) is 0.476. The van der Waals surface area contributed by atoms with Crippen molar-refractivity contribution in [3.05, 3.63) is 65.5 Å². The van der Waals surface area contributed by atoms with Gasteiger partial charge in [-0.2, -0.15) is 0 Å². The minimum absolute atomic E-state index is 0.103. The molecule has 2 rings (SSSR count). The lowest BCUT2D eigenvalue weighted by Crippen LogP contribution is -2.26. The van der Waals surface area contributed by atoms with Gasteiger partial charge in [-0.25, -0.2) is 4.39 Å². The maximum Gasteiger partial charge on any atom is 0.220 e. The molecule has 0 aromatic heterocycles. The van der Waals surface area contributed by atoms with Crippen LogP contribution in [0.3, 0.4) is 0 Å². The van der Waals surface area contributed by atoms with Gasteiger partial charge in [0.1, 0.15) is 11.6 Å². The summed E-state index contributed by atoms with van der Waals surface area (Å²) in [6, 6.07) is 13.0. The number of nitrogens with one attached hydrogen (secondary N) is 1. The van der Waals surface area contributed by atoms with Gasteiger partial charge in [0.2, 0.25) is 5.91 Å². The highest BCUT2D eigenvalue weighted by Crippen LogP contribution is 2.17. The van der Waals surface area contributed by atoms with Crippen molar-refractivity contribution >= 4 is 11.7 Å². The minimum atomic E-state index is -0.388. The molecule has 0 saturated heterocycles. The number of hydrogen-bond acceptors (Lipinski definition) is 3. The van der Waals surface area contributed by atoms with Gasteiger partial charge in [0.15, 0.2) is 5.78 Å². The minimum Gasteiger partial charge on any atom is -0.496 e. The summed E-state index contributed by atoms with van der Waals surface area (Å²) in [4.78, 5) is 23.7. The summed E-state index contributed by atoms with van der Waals surface area (Å²) >= 11 is 0. The second-order valence-corrected chi connectivity index (χ2v) is 5.34. The summed E-state index contributed by atoms with van der Waals surface area (Å²) in [7, 11) is 1.61. The van der Waals surface area contributed by atoms with E-state index in [-0.39, 0.29) is 30.3 Å². The molecule has 0 radical (unpaired) electrons. The van der Waals surface area contributed by atoms with Crippen LogP contribution >= 0.6 is 0 Å². The third-order valence-electron chi connectivity index (χ3n) is 3.65. The van der Waals surface area contributed by atoms with E-state index >= 15 is 0 Å². The van der Waals surface area contributed by atoms with Crippen molar-refractivity contribution in [1.82, 2.24) is 5.32 Å². The third kappa shape index (κ3) is 5.19. The molecule has 0 heterocycles. The molecule has 1 amide bonds. The van der Waals surface area contributed by atoms with E-state index in [0.29, 0.717) is 18.5 Å². The second-order valence-electron chi connectivity index (χ2n) is 5.34. The monoisotopic (exact) mass is 329 g/mol. The second kappa shape index (κ2) is 8.82. The molecule has 0 aliphatic carbocycles. The first-order valence-corrected chi connectivity index (χ1v) is 7.77. The molecule has 24 heavy (non-hydrogen) atoms. The fourth-order valence-corrected chi connectivity index (χ4v) is 2.34. The predicted octanol–water partition coefficient (Wildman–Crippen LogP) is 3.16. The first kappa shape index (κ1) is 17.7. The highest BCUT2D eigenvalue weighted by Gasteiger charge is 2.09. The van der Waals surface area contributed by atoms with Crippen LogP contribution in [0, 0.1) is 5.82 Å². The van der Waals surface area contributed by atoms with E-state index in [1.165, 1.54) is 24.3 Å². The van der Waals surface area contributed by atoms with Crippen molar-refractivity contribution in [2.24, 2.45) is 0 Å². The largest absolute Gasteiger partial charge is 0.496 e. The Balaban J connectivity index is 1.73. The van der Waals surface area contributed by atoms with Gasteiger partial charge < -0.3 is 10.1 Å². The third-order valence-corrected chi connectivity index (χ3v) is 3.65. The van der Waals surface area contributed by atoms with Crippen LogP contribution in [0.5, 0.6) is 5.75 Å². The fraction of sp³-hybridized carbons (Fsp3) is 0.263. The summed E-state index contributed by atoms with van der Waals surface area (Å²) in [5, 5.41) is 2.79. The molecular formula is C19H20FNO3. The van der Waals surface area contributed by atoms with Gasteiger partial charge in [0.05, 0.1) is 7.11 Å². The summed E-state index contributed by atoms with van der Waals surface area (Å²) in [6.07, 6.45) is 0.871. The van der Waals surface area contributed by atoms with Crippen LogP contribution in [0.25, 0.3) is 0 Å². The number of hydrogen-bond donors (Lipinski definition) is 1. The van der Waals surface area contributed by atoms with Crippen LogP contribution in [0.1, 0.15) is 28.8 Å². The number of carbonyl (C=O) groups excluding carboxylic acids is 2. The highest BCUT2D eigenvalue weighted by atomic mass is 19.1. The van der Waals surface area contributed by atoms with Crippen LogP contribution in [0.2, 0.25) is 0 Å². The van der Waals surface area contributed by atoms with E-state index in [1.54, 1.807) is 7.11 Å². The quantitative estimate of drug-likeness (QED) is 0.757. The van der Waals surface area contributed by atoms with Gasteiger partial charge in [-0.1, -0.05) is 18.2 Å². The number of ketones is 1. The Bertz CT molecular complexity index is 698. The maximum absolute atomic E-state index is 12.8. The Morgan fingerprint density at radius 2 is 1.75 bits per heavy atom. The molecule has 2 aromatic rings. The lowest BCUT2D eigenvalue weighted by atomic mass is 10.1. The average molecular weight is 329 g/mol. The molecule has 0 bridgehead atoms. The zero-order valence-electron chi connectivity index (χ0n) is 13.5. The molecule has 1 N–H and O–H groups in total. The van der Waals surface area contributed by atoms with E-state index in [9.17, 15) is 14.0 Å². The van der Waals surface area contributed by atoms with E-state index < -0.39 is 0 Å². The average Bonchev–Trinajstić information content (AvgIpc) is 2.60. The molecule has 0 spiro atoms. The molecule has 0 fully saturated rings. The lowest BCUT2D eigenvalue weighted by molar-refractivity contribution is -0.121. The van der Waals surface area contributed by atoms with Crippen LogP contribution < -0.4 is 10.1 Å². The summed E-state index contributed by atoms with van der Waals surface area (Å²) in [5.74, 6) is 0.0501. The van der Waals surface area contributed by atoms with Gasteiger partial charge in [0.25, 0.3) is 0 Å². The van der Waals surface area contributed by atoms with E-state index in [2.05, 4.69) is 5.32 Å². The zero-order valence-corrected chi connectivity index (χ0v) is 13.5. The van der Waals surface area contributed by atoms with Crippen molar-refractivity contribution in [1.29, 1.82) is 0 Å². The number of amides is 1. The smallest absolute Gasteiger partial charge is 0.220 e. The fourth-order valence-electron chi connectivity index (χ4n) is 2.34. The molecule has 4 nitrogen and oxygen atoms in total. The van der Waals surface area contributed by atoms with Crippen molar-refractivity contribution in [3.8, 4) is 5.75 Å². The number of carbonyl (C=O) groups is 2. The summed E-state index contributed by atoms with van der Waals surface area (Å²) < 4.78 is 18.1. The Kier molecular flexibility index (Phi) is 6.49. The Hall–Kier alpha value is -2.69. The number of para-hydroxylation sites is 1. The molecule has 5 heteroatoms. The highest BCUT2D eigenvalue weighted by molar-refractivity contribution is 5.97. The Morgan fingerprint density at radius 1 is 1.04 bits per heavy atom. The van der Waals surface area contributed by atoms with E-state index in [0.717, 1.165) is 11.3 Å². The molecule has 126 valence electrons. The normalized spacial score (nSPS) is 10.2. The standard InChI is InChI=1S/C19H20FNO3/c1-24-18-5-3-2-4-15(18)12-13-21-19(23)11-10-17(22)14-6-8-16(20)9-7-14/h2-9H,10-13H2,1H3,(H,21,23). The van der Waals surface area contributed by atoms with Crippen molar-refractivity contribution in [2.45, 2.75) is 19.3 Å². The number of benzene rings is 2. The maximum atomic E-state index is 12.8. The van der Waals surface area contributed by atoms with E-state index in [4.69, 9.17) is 4.74 Å².